The second-order valence-electron chi connectivity index (χ2n) is 4.29. The number of benzene rings is 1. The Hall–Kier alpha value is -2.34. The van der Waals surface area contributed by atoms with E-state index in [-0.39, 0.29) is 0 Å². The zero-order chi connectivity index (χ0) is 13.0. The number of aromatic nitrogens is 1. The van der Waals surface area contributed by atoms with E-state index < -0.39 is 0 Å². The van der Waals surface area contributed by atoms with Crippen LogP contribution in [0.1, 0.15) is 17.0 Å². The van der Waals surface area contributed by atoms with Crippen molar-refractivity contribution >= 4 is 5.69 Å². The molecule has 0 saturated heterocycles. The standard InChI is InChI=1S/C15H15N3/c1-12-4-3-5-14(17-12)11-18(2)15-8-6-13(10-16)7-9-15/h3-9H,11H2,1-2H3. The molecule has 1 aromatic carbocycles. The average Bonchev–Trinajstić information content (AvgIpc) is 2.39. The van der Waals surface area contributed by atoms with Crippen LogP contribution in [-0.4, -0.2) is 12.0 Å². The highest BCUT2D eigenvalue weighted by Crippen LogP contribution is 2.15. The minimum absolute atomic E-state index is 0.681. The average molecular weight is 237 g/mol. The Kier molecular flexibility index (Phi) is 3.59. The van der Waals surface area contributed by atoms with Crippen molar-refractivity contribution in [2.45, 2.75) is 13.5 Å². The minimum atomic E-state index is 0.681. The lowest BCUT2D eigenvalue weighted by Crippen LogP contribution is -2.17. The molecule has 0 spiro atoms. The third kappa shape index (κ3) is 2.86. The zero-order valence-electron chi connectivity index (χ0n) is 10.6. The summed E-state index contributed by atoms with van der Waals surface area (Å²) in [6.07, 6.45) is 0. The zero-order valence-corrected chi connectivity index (χ0v) is 10.6. The predicted molar refractivity (Wildman–Crippen MR) is 72.2 cm³/mol. The highest BCUT2D eigenvalue weighted by Gasteiger charge is 2.03. The maximum absolute atomic E-state index is 8.76. The fraction of sp³-hybridized carbons (Fsp3) is 0.200. The van der Waals surface area contributed by atoms with Gasteiger partial charge in [0, 0.05) is 18.4 Å². The molecule has 0 radical (unpaired) electrons. The second-order valence-corrected chi connectivity index (χ2v) is 4.29. The molecule has 0 aliphatic heterocycles. The molecule has 0 amide bonds. The van der Waals surface area contributed by atoms with Crippen molar-refractivity contribution in [3.63, 3.8) is 0 Å². The summed E-state index contributed by atoms with van der Waals surface area (Å²) in [7, 11) is 2.02. The van der Waals surface area contributed by atoms with Gasteiger partial charge in [0.15, 0.2) is 0 Å². The molecule has 0 aliphatic rings. The van der Waals surface area contributed by atoms with E-state index in [0.717, 1.165) is 23.6 Å². The van der Waals surface area contributed by atoms with Crippen LogP contribution in [0, 0.1) is 18.3 Å². The van der Waals surface area contributed by atoms with Crippen LogP contribution < -0.4 is 4.90 Å². The van der Waals surface area contributed by atoms with Gasteiger partial charge in [0.1, 0.15) is 0 Å². The third-order valence-corrected chi connectivity index (χ3v) is 2.78. The van der Waals surface area contributed by atoms with Gasteiger partial charge in [0.05, 0.1) is 23.9 Å². The van der Waals surface area contributed by atoms with Gasteiger partial charge >= 0.3 is 0 Å². The van der Waals surface area contributed by atoms with E-state index in [9.17, 15) is 0 Å². The van der Waals surface area contributed by atoms with Crippen molar-refractivity contribution in [2.24, 2.45) is 0 Å². The first-order valence-electron chi connectivity index (χ1n) is 5.83. The van der Waals surface area contributed by atoms with Crippen LogP contribution in [0.15, 0.2) is 42.5 Å². The van der Waals surface area contributed by atoms with E-state index in [0.29, 0.717) is 5.56 Å². The lowest BCUT2D eigenvalue weighted by Gasteiger charge is -2.19. The normalized spacial score (nSPS) is 9.83. The highest BCUT2D eigenvalue weighted by molar-refractivity contribution is 5.49. The third-order valence-electron chi connectivity index (χ3n) is 2.78. The molecule has 3 heteroatoms. The summed E-state index contributed by atoms with van der Waals surface area (Å²) in [6, 6.07) is 15.7. The Balaban J connectivity index is 2.12. The monoisotopic (exact) mass is 237 g/mol. The fourth-order valence-corrected chi connectivity index (χ4v) is 1.81. The van der Waals surface area contributed by atoms with Crippen LogP contribution in [0.3, 0.4) is 0 Å². The molecule has 2 rings (SSSR count). The number of anilines is 1. The van der Waals surface area contributed by atoms with Gasteiger partial charge in [-0.05, 0) is 43.3 Å². The van der Waals surface area contributed by atoms with Gasteiger partial charge in [-0.3, -0.25) is 4.98 Å². The molecule has 0 atom stereocenters. The first-order valence-corrected chi connectivity index (χ1v) is 5.83. The maximum Gasteiger partial charge on any atom is 0.0991 e. The van der Waals surface area contributed by atoms with E-state index in [1.54, 1.807) is 0 Å². The summed E-state index contributed by atoms with van der Waals surface area (Å²) < 4.78 is 0. The molecule has 1 aromatic heterocycles. The first kappa shape index (κ1) is 12.1. The van der Waals surface area contributed by atoms with Crippen LogP contribution in [0.5, 0.6) is 0 Å². The largest absolute Gasteiger partial charge is 0.369 e. The Morgan fingerprint density at radius 3 is 2.50 bits per heavy atom. The molecule has 0 aliphatic carbocycles. The molecule has 1 heterocycles. The summed E-state index contributed by atoms with van der Waals surface area (Å²) in [4.78, 5) is 6.59. The van der Waals surface area contributed by atoms with Gasteiger partial charge in [0.2, 0.25) is 0 Å². The number of hydrogen-bond acceptors (Lipinski definition) is 3. The quantitative estimate of drug-likeness (QED) is 0.824. The van der Waals surface area contributed by atoms with E-state index in [1.807, 2.05) is 56.4 Å². The Morgan fingerprint density at radius 1 is 1.17 bits per heavy atom. The number of hydrogen-bond donors (Lipinski definition) is 0. The van der Waals surface area contributed by atoms with E-state index in [1.165, 1.54) is 0 Å². The van der Waals surface area contributed by atoms with E-state index in [2.05, 4.69) is 16.0 Å². The van der Waals surface area contributed by atoms with Gasteiger partial charge in [-0.15, -0.1) is 0 Å². The minimum Gasteiger partial charge on any atom is -0.369 e. The Bertz CT molecular complexity index is 567. The maximum atomic E-state index is 8.76. The number of nitriles is 1. The molecule has 0 fully saturated rings. The van der Waals surface area contributed by atoms with Crippen molar-refractivity contribution in [1.29, 1.82) is 5.26 Å². The fourth-order valence-electron chi connectivity index (χ4n) is 1.81. The number of rotatable bonds is 3. The lowest BCUT2D eigenvalue weighted by molar-refractivity contribution is 0.877. The lowest BCUT2D eigenvalue weighted by atomic mass is 10.2. The molecule has 0 bridgehead atoms. The molecular weight excluding hydrogens is 222 g/mol. The molecule has 0 N–H and O–H groups in total. The highest BCUT2D eigenvalue weighted by atomic mass is 15.1. The first-order chi connectivity index (χ1) is 8.69. The van der Waals surface area contributed by atoms with Crippen molar-refractivity contribution < 1.29 is 0 Å². The summed E-state index contributed by atoms with van der Waals surface area (Å²) in [6.45, 7) is 2.75. The molecule has 18 heavy (non-hydrogen) atoms. The summed E-state index contributed by atoms with van der Waals surface area (Å²) in [5.41, 5.74) is 3.83. The Morgan fingerprint density at radius 2 is 1.89 bits per heavy atom. The summed E-state index contributed by atoms with van der Waals surface area (Å²) in [5, 5.41) is 8.76. The van der Waals surface area contributed by atoms with Crippen LogP contribution in [0.4, 0.5) is 5.69 Å². The summed E-state index contributed by atoms with van der Waals surface area (Å²) in [5.74, 6) is 0. The number of nitrogens with zero attached hydrogens (tertiary/aromatic N) is 3. The van der Waals surface area contributed by atoms with Gasteiger partial charge in [0.25, 0.3) is 0 Å². The van der Waals surface area contributed by atoms with Crippen LogP contribution in [0.25, 0.3) is 0 Å². The molecule has 0 unspecified atom stereocenters. The topological polar surface area (TPSA) is 39.9 Å². The molecule has 3 nitrogen and oxygen atoms in total. The van der Waals surface area contributed by atoms with Crippen LogP contribution >= 0.6 is 0 Å². The van der Waals surface area contributed by atoms with Gasteiger partial charge in [-0.2, -0.15) is 5.26 Å². The Labute approximate surface area is 107 Å². The second kappa shape index (κ2) is 5.33. The van der Waals surface area contributed by atoms with Crippen molar-refractivity contribution in [2.75, 3.05) is 11.9 Å². The molecule has 90 valence electrons. The summed E-state index contributed by atoms with van der Waals surface area (Å²) >= 11 is 0. The SMILES string of the molecule is Cc1cccc(CN(C)c2ccc(C#N)cc2)n1. The van der Waals surface area contributed by atoms with Crippen molar-refractivity contribution in [3.05, 3.63) is 59.4 Å². The van der Waals surface area contributed by atoms with Gasteiger partial charge in [-0.1, -0.05) is 6.07 Å². The van der Waals surface area contributed by atoms with E-state index >= 15 is 0 Å². The number of aryl methyl sites for hydroxylation is 1. The molecule has 0 saturated carbocycles. The van der Waals surface area contributed by atoms with Crippen molar-refractivity contribution in [1.82, 2.24) is 4.98 Å². The predicted octanol–water partition coefficient (Wildman–Crippen LogP) is 2.90. The van der Waals surface area contributed by atoms with Gasteiger partial charge in [-0.25, -0.2) is 0 Å². The smallest absolute Gasteiger partial charge is 0.0991 e. The van der Waals surface area contributed by atoms with Crippen LogP contribution in [-0.2, 0) is 6.54 Å². The van der Waals surface area contributed by atoms with E-state index in [4.69, 9.17) is 5.26 Å². The molecule has 2 aromatic rings. The number of pyridine rings is 1. The molecular formula is C15H15N3. The van der Waals surface area contributed by atoms with Crippen LogP contribution in [0.2, 0.25) is 0 Å². The van der Waals surface area contributed by atoms with Gasteiger partial charge < -0.3 is 4.90 Å². The van der Waals surface area contributed by atoms with Crippen molar-refractivity contribution in [3.8, 4) is 6.07 Å².